The van der Waals surface area contributed by atoms with E-state index in [0.717, 1.165) is 30.9 Å². The first kappa shape index (κ1) is 11.2. The van der Waals surface area contributed by atoms with Gasteiger partial charge in [0.25, 0.3) is 0 Å². The summed E-state index contributed by atoms with van der Waals surface area (Å²) in [6.07, 6.45) is 2.12. The van der Waals surface area contributed by atoms with Gasteiger partial charge in [-0.15, -0.1) is 0 Å². The van der Waals surface area contributed by atoms with Crippen molar-refractivity contribution in [3.05, 3.63) is 24.3 Å². The zero-order chi connectivity index (χ0) is 11.6. The molecule has 3 heteroatoms. The maximum atomic E-state index is 13.9. The van der Waals surface area contributed by atoms with Crippen LogP contribution in [0.4, 0.5) is 15.8 Å². The molecule has 88 valence electrons. The average molecular weight is 222 g/mol. The lowest BCUT2D eigenvalue weighted by atomic mass is 10.00. The van der Waals surface area contributed by atoms with Gasteiger partial charge >= 0.3 is 0 Å². The van der Waals surface area contributed by atoms with Gasteiger partial charge in [-0.3, -0.25) is 0 Å². The summed E-state index contributed by atoms with van der Waals surface area (Å²) in [7, 11) is 0. The van der Waals surface area contributed by atoms with E-state index in [1.54, 1.807) is 6.92 Å². The number of nitrogens with two attached hydrogens (primary N) is 1. The molecule has 0 aliphatic carbocycles. The Morgan fingerprint density at radius 2 is 2.00 bits per heavy atom. The number of hydrogen-bond acceptors (Lipinski definition) is 2. The Morgan fingerprint density at radius 1 is 1.25 bits per heavy atom. The first-order valence-electron chi connectivity index (χ1n) is 5.87. The van der Waals surface area contributed by atoms with Gasteiger partial charge < -0.3 is 10.6 Å². The molecule has 1 aliphatic rings. The molecule has 0 bridgehead atoms. The van der Waals surface area contributed by atoms with Crippen molar-refractivity contribution in [1.82, 2.24) is 0 Å². The summed E-state index contributed by atoms with van der Waals surface area (Å²) in [6.45, 7) is 3.35. The van der Waals surface area contributed by atoms with Gasteiger partial charge in [-0.25, -0.2) is 4.39 Å². The number of hydrogen-bond donors (Lipinski definition) is 1. The second-order valence-corrected chi connectivity index (χ2v) is 4.81. The van der Waals surface area contributed by atoms with Gasteiger partial charge in [-0.1, -0.05) is 12.1 Å². The zero-order valence-electron chi connectivity index (χ0n) is 9.75. The molecular formula is C13H19FN2. The number of alkyl halides is 1. The normalized spacial score (nSPS) is 26.5. The Kier molecular flexibility index (Phi) is 3.03. The lowest BCUT2D eigenvalue weighted by Crippen LogP contribution is -2.26. The van der Waals surface area contributed by atoms with Crippen molar-refractivity contribution in [2.45, 2.75) is 31.9 Å². The molecule has 2 N–H and O–H groups in total. The Balaban J connectivity index is 2.14. The van der Waals surface area contributed by atoms with Gasteiger partial charge in [0.05, 0.1) is 11.4 Å². The maximum absolute atomic E-state index is 13.9. The SMILES string of the molecule is CC1(F)CCCN(c2ccccc2N)CC1. The average Bonchev–Trinajstić information content (AvgIpc) is 2.40. The molecule has 1 unspecified atom stereocenters. The number of anilines is 2. The highest BCUT2D eigenvalue weighted by Gasteiger charge is 2.27. The molecule has 1 atom stereocenters. The minimum atomic E-state index is -1.02. The van der Waals surface area contributed by atoms with E-state index < -0.39 is 5.67 Å². The van der Waals surface area contributed by atoms with E-state index in [-0.39, 0.29) is 0 Å². The Morgan fingerprint density at radius 3 is 2.75 bits per heavy atom. The van der Waals surface area contributed by atoms with Crippen molar-refractivity contribution in [3.63, 3.8) is 0 Å². The Hall–Kier alpha value is -1.25. The second kappa shape index (κ2) is 4.32. The van der Waals surface area contributed by atoms with Crippen LogP contribution in [0, 0.1) is 0 Å². The van der Waals surface area contributed by atoms with Crippen molar-refractivity contribution >= 4 is 11.4 Å². The quantitative estimate of drug-likeness (QED) is 0.740. The first-order chi connectivity index (χ1) is 7.58. The van der Waals surface area contributed by atoms with Gasteiger partial charge in [-0.2, -0.15) is 0 Å². The van der Waals surface area contributed by atoms with Crippen LogP contribution in [0.15, 0.2) is 24.3 Å². The fourth-order valence-corrected chi connectivity index (χ4v) is 2.26. The van der Waals surface area contributed by atoms with Gasteiger partial charge in [0.15, 0.2) is 0 Å². The largest absolute Gasteiger partial charge is 0.397 e. The van der Waals surface area contributed by atoms with E-state index in [2.05, 4.69) is 4.90 Å². The van der Waals surface area contributed by atoms with Crippen LogP contribution in [0.1, 0.15) is 26.2 Å². The monoisotopic (exact) mass is 222 g/mol. The molecule has 1 aromatic rings. The molecule has 16 heavy (non-hydrogen) atoms. The summed E-state index contributed by atoms with van der Waals surface area (Å²) in [4.78, 5) is 2.19. The number of halogens is 1. The number of nitrogen functional groups attached to an aromatic ring is 1. The summed E-state index contributed by atoms with van der Waals surface area (Å²) in [5.41, 5.74) is 6.74. The molecule has 1 saturated heterocycles. The van der Waals surface area contributed by atoms with Crippen molar-refractivity contribution in [2.75, 3.05) is 23.7 Å². The molecule has 1 aliphatic heterocycles. The lowest BCUT2D eigenvalue weighted by molar-refractivity contribution is 0.170. The first-order valence-corrected chi connectivity index (χ1v) is 5.87. The molecule has 0 aromatic heterocycles. The fraction of sp³-hybridized carbons (Fsp3) is 0.538. The molecule has 0 amide bonds. The van der Waals surface area contributed by atoms with Crippen molar-refractivity contribution in [3.8, 4) is 0 Å². The van der Waals surface area contributed by atoms with Crippen LogP contribution in [-0.2, 0) is 0 Å². The van der Waals surface area contributed by atoms with Gasteiger partial charge in [-0.05, 0) is 38.3 Å². The second-order valence-electron chi connectivity index (χ2n) is 4.81. The number of nitrogens with zero attached hydrogens (tertiary/aromatic N) is 1. The smallest absolute Gasteiger partial charge is 0.110 e. The minimum Gasteiger partial charge on any atom is -0.397 e. The number of rotatable bonds is 1. The van der Waals surface area contributed by atoms with E-state index in [1.807, 2.05) is 24.3 Å². The highest BCUT2D eigenvalue weighted by atomic mass is 19.1. The van der Waals surface area contributed by atoms with E-state index >= 15 is 0 Å². The standard InChI is InChI=1S/C13H19FN2/c1-13(14)7-4-9-16(10-8-13)12-6-3-2-5-11(12)15/h2-3,5-6H,4,7-10,15H2,1H3. The molecule has 0 saturated carbocycles. The highest BCUT2D eigenvalue weighted by molar-refractivity contribution is 5.67. The van der Waals surface area contributed by atoms with Crippen molar-refractivity contribution in [2.24, 2.45) is 0 Å². The Labute approximate surface area is 96.2 Å². The van der Waals surface area contributed by atoms with E-state index in [1.165, 1.54) is 0 Å². The summed E-state index contributed by atoms with van der Waals surface area (Å²) >= 11 is 0. The van der Waals surface area contributed by atoms with Crippen molar-refractivity contribution in [1.29, 1.82) is 0 Å². The zero-order valence-corrected chi connectivity index (χ0v) is 9.75. The van der Waals surface area contributed by atoms with E-state index in [4.69, 9.17) is 5.73 Å². The maximum Gasteiger partial charge on any atom is 0.110 e. The number of para-hydroxylation sites is 2. The summed E-state index contributed by atoms with van der Waals surface area (Å²) < 4.78 is 13.9. The highest BCUT2D eigenvalue weighted by Crippen LogP contribution is 2.30. The van der Waals surface area contributed by atoms with Crippen LogP contribution in [0.3, 0.4) is 0 Å². The van der Waals surface area contributed by atoms with Crippen LogP contribution >= 0.6 is 0 Å². The van der Waals surface area contributed by atoms with Crippen LogP contribution in [0.5, 0.6) is 0 Å². The van der Waals surface area contributed by atoms with Crippen LogP contribution in [0.25, 0.3) is 0 Å². The predicted octanol–water partition coefficient (Wildman–Crippen LogP) is 2.99. The van der Waals surface area contributed by atoms with Crippen LogP contribution < -0.4 is 10.6 Å². The van der Waals surface area contributed by atoms with Gasteiger partial charge in [0.1, 0.15) is 5.67 Å². The minimum absolute atomic E-state index is 0.585. The van der Waals surface area contributed by atoms with E-state index in [0.29, 0.717) is 12.8 Å². The van der Waals surface area contributed by atoms with E-state index in [9.17, 15) is 4.39 Å². The summed E-state index contributed by atoms with van der Waals surface area (Å²) in [5, 5.41) is 0. The number of benzene rings is 1. The van der Waals surface area contributed by atoms with Gasteiger partial charge in [0, 0.05) is 13.1 Å². The third kappa shape index (κ3) is 2.46. The third-order valence-corrected chi connectivity index (χ3v) is 3.31. The fourth-order valence-electron chi connectivity index (χ4n) is 2.26. The lowest BCUT2D eigenvalue weighted by Gasteiger charge is -2.24. The topological polar surface area (TPSA) is 29.3 Å². The van der Waals surface area contributed by atoms with Crippen LogP contribution in [0.2, 0.25) is 0 Å². The molecule has 1 aromatic carbocycles. The molecule has 2 rings (SSSR count). The molecule has 0 radical (unpaired) electrons. The molecular weight excluding hydrogens is 203 g/mol. The summed E-state index contributed by atoms with van der Waals surface area (Å²) in [6, 6.07) is 7.81. The Bertz CT molecular complexity index is 363. The third-order valence-electron chi connectivity index (χ3n) is 3.31. The molecule has 1 fully saturated rings. The molecule has 1 heterocycles. The molecule has 2 nitrogen and oxygen atoms in total. The van der Waals surface area contributed by atoms with Crippen LogP contribution in [-0.4, -0.2) is 18.8 Å². The predicted molar refractivity (Wildman–Crippen MR) is 66.4 cm³/mol. The summed E-state index contributed by atoms with van der Waals surface area (Å²) in [5.74, 6) is 0. The molecule has 0 spiro atoms. The van der Waals surface area contributed by atoms with Gasteiger partial charge in [0.2, 0.25) is 0 Å². The van der Waals surface area contributed by atoms with Crippen molar-refractivity contribution < 1.29 is 4.39 Å².